The largest absolute Gasteiger partial charge is 0.386 e. The molecule has 3 heteroatoms. The number of hydrogen-bond donors (Lipinski definition) is 2. The van der Waals surface area contributed by atoms with Gasteiger partial charge in [0, 0.05) is 11.4 Å². The number of aliphatic hydroxyl groups is 1. The Hall–Kier alpha value is -0.380. The molecule has 2 rings (SSSR count). The average Bonchev–Trinajstić information content (AvgIpc) is 2.90. The number of nitrogens with one attached hydrogen (secondary N) is 1. The van der Waals surface area contributed by atoms with E-state index in [2.05, 4.69) is 12.2 Å². The second-order valence-electron chi connectivity index (χ2n) is 5.65. The molecule has 0 aromatic carbocycles. The van der Waals surface area contributed by atoms with E-state index in [0.717, 1.165) is 23.3 Å². The maximum absolute atomic E-state index is 9.93. The molecule has 2 N–H and O–H groups in total. The molecule has 0 aliphatic heterocycles. The van der Waals surface area contributed by atoms with Crippen molar-refractivity contribution in [3.63, 3.8) is 0 Å². The zero-order chi connectivity index (χ0) is 12.8. The fourth-order valence-electron chi connectivity index (χ4n) is 2.74. The van der Waals surface area contributed by atoms with E-state index < -0.39 is 0 Å². The molecule has 18 heavy (non-hydrogen) atoms. The Morgan fingerprint density at radius 3 is 2.83 bits per heavy atom. The highest BCUT2D eigenvalue weighted by Crippen LogP contribution is 2.29. The summed E-state index contributed by atoms with van der Waals surface area (Å²) in [5.74, 6) is 1.85. The van der Waals surface area contributed by atoms with E-state index in [1.165, 1.54) is 32.1 Å². The number of thiophene rings is 1. The van der Waals surface area contributed by atoms with Gasteiger partial charge < -0.3 is 10.4 Å². The topological polar surface area (TPSA) is 32.3 Å². The zero-order valence-electron chi connectivity index (χ0n) is 11.3. The van der Waals surface area contributed by atoms with Gasteiger partial charge in [-0.15, -0.1) is 11.3 Å². The van der Waals surface area contributed by atoms with Crippen LogP contribution in [-0.4, -0.2) is 18.2 Å². The molecule has 1 fully saturated rings. The van der Waals surface area contributed by atoms with Crippen LogP contribution in [0.5, 0.6) is 0 Å². The van der Waals surface area contributed by atoms with Crippen LogP contribution in [0, 0.1) is 11.8 Å². The molecular weight excluding hydrogens is 242 g/mol. The Bertz CT molecular complexity index is 317. The van der Waals surface area contributed by atoms with Crippen molar-refractivity contribution in [2.75, 3.05) is 13.1 Å². The Morgan fingerprint density at radius 2 is 2.17 bits per heavy atom. The standard InChI is InChI=1S/C15H25NOS/c1-12-4-6-13(7-5-12)8-9-16-11-14(17)15-3-2-10-18-15/h2-3,10,12-14,16-17H,4-9,11H2,1H3. The van der Waals surface area contributed by atoms with Gasteiger partial charge >= 0.3 is 0 Å². The lowest BCUT2D eigenvalue weighted by Crippen LogP contribution is -2.24. The first kappa shape index (κ1) is 14.0. The van der Waals surface area contributed by atoms with Crippen LogP contribution in [0.3, 0.4) is 0 Å². The van der Waals surface area contributed by atoms with Crippen LogP contribution in [0.2, 0.25) is 0 Å². The number of hydrogen-bond acceptors (Lipinski definition) is 3. The van der Waals surface area contributed by atoms with Crippen molar-refractivity contribution in [2.45, 2.75) is 45.1 Å². The van der Waals surface area contributed by atoms with Gasteiger partial charge in [-0.3, -0.25) is 0 Å². The van der Waals surface area contributed by atoms with E-state index in [1.54, 1.807) is 11.3 Å². The van der Waals surface area contributed by atoms with Crippen molar-refractivity contribution in [3.8, 4) is 0 Å². The van der Waals surface area contributed by atoms with Gasteiger partial charge in [0.25, 0.3) is 0 Å². The molecule has 1 atom stereocenters. The lowest BCUT2D eigenvalue weighted by molar-refractivity contribution is 0.176. The highest BCUT2D eigenvalue weighted by molar-refractivity contribution is 7.10. The van der Waals surface area contributed by atoms with Crippen molar-refractivity contribution in [1.29, 1.82) is 0 Å². The zero-order valence-corrected chi connectivity index (χ0v) is 12.1. The van der Waals surface area contributed by atoms with Crippen molar-refractivity contribution in [2.24, 2.45) is 11.8 Å². The van der Waals surface area contributed by atoms with Gasteiger partial charge in [0.15, 0.2) is 0 Å². The Labute approximate surface area is 114 Å². The highest BCUT2D eigenvalue weighted by Gasteiger charge is 2.17. The minimum absolute atomic E-state index is 0.337. The second-order valence-corrected chi connectivity index (χ2v) is 6.63. The van der Waals surface area contributed by atoms with Gasteiger partial charge in [0.1, 0.15) is 6.10 Å². The fraction of sp³-hybridized carbons (Fsp3) is 0.733. The molecule has 1 saturated carbocycles. The van der Waals surface area contributed by atoms with Crippen molar-refractivity contribution < 1.29 is 5.11 Å². The molecule has 0 bridgehead atoms. The summed E-state index contributed by atoms with van der Waals surface area (Å²) in [5.41, 5.74) is 0. The molecule has 0 spiro atoms. The van der Waals surface area contributed by atoms with Gasteiger partial charge in [-0.25, -0.2) is 0 Å². The molecule has 0 radical (unpaired) electrons. The summed E-state index contributed by atoms with van der Waals surface area (Å²) in [5, 5.41) is 15.3. The summed E-state index contributed by atoms with van der Waals surface area (Å²) >= 11 is 1.63. The monoisotopic (exact) mass is 267 g/mol. The average molecular weight is 267 g/mol. The lowest BCUT2D eigenvalue weighted by atomic mass is 9.81. The number of rotatable bonds is 6. The minimum Gasteiger partial charge on any atom is -0.386 e. The summed E-state index contributed by atoms with van der Waals surface area (Å²) in [6.07, 6.45) is 6.54. The van der Waals surface area contributed by atoms with E-state index >= 15 is 0 Å². The van der Waals surface area contributed by atoms with Crippen molar-refractivity contribution in [3.05, 3.63) is 22.4 Å². The van der Waals surface area contributed by atoms with Crippen LogP contribution in [0.25, 0.3) is 0 Å². The van der Waals surface area contributed by atoms with E-state index in [0.29, 0.717) is 6.54 Å². The molecule has 1 aromatic heterocycles. The summed E-state index contributed by atoms with van der Waals surface area (Å²) in [6.45, 7) is 4.09. The van der Waals surface area contributed by atoms with Gasteiger partial charge in [-0.05, 0) is 36.2 Å². The minimum atomic E-state index is -0.337. The van der Waals surface area contributed by atoms with Crippen LogP contribution in [-0.2, 0) is 0 Å². The van der Waals surface area contributed by atoms with E-state index in [9.17, 15) is 5.11 Å². The molecule has 1 aromatic rings. The van der Waals surface area contributed by atoms with Crippen molar-refractivity contribution >= 4 is 11.3 Å². The maximum atomic E-state index is 9.93. The molecule has 0 saturated heterocycles. The molecule has 102 valence electrons. The van der Waals surface area contributed by atoms with Gasteiger partial charge in [-0.2, -0.15) is 0 Å². The van der Waals surface area contributed by atoms with Crippen LogP contribution in [0.15, 0.2) is 17.5 Å². The molecule has 0 amide bonds. The Balaban J connectivity index is 1.56. The summed E-state index contributed by atoms with van der Waals surface area (Å²) in [6, 6.07) is 3.99. The highest BCUT2D eigenvalue weighted by atomic mass is 32.1. The molecule has 1 unspecified atom stereocenters. The van der Waals surface area contributed by atoms with Crippen molar-refractivity contribution in [1.82, 2.24) is 5.32 Å². The Kier molecular flexibility index (Phi) is 5.67. The quantitative estimate of drug-likeness (QED) is 0.772. The third-order valence-electron chi connectivity index (χ3n) is 4.07. The van der Waals surface area contributed by atoms with Gasteiger partial charge in [-0.1, -0.05) is 38.7 Å². The third kappa shape index (κ3) is 4.38. The van der Waals surface area contributed by atoms with E-state index in [4.69, 9.17) is 0 Å². The second kappa shape index (κ2) is 7.27. The van der Waals surface area contributed by atoms with Crippen LogP contribution < -0.4 is 5.32 Å². The maximum Gasteiger partial charge on any atom is 0.101 e. The fourth-order valence-corrected chi connectivity index (χ4v) is 3.46. The predicted octanol–water partition coefficient (Wildman–Crippen LogP) is 3.59. The number of aliphatic hydroxyl groups excluding tert-OH is 1. The smallest absolute Gasteiger partial charge is 0.101 e. The van der Waals surface area contributed by atoms with Crippen LogP contribution in [0.4, 0.5) is 0 Å². The normalized spacial score (nSPS) is 26.1. The molecule has 1 aliphatic carbocycles. The van der Waals surface area contributed by atoms with Gasteiger partial charge in [0.05, 0.1) is 0 Å². The molecular formula is C15H25NOS. The molecule has 1 aliphatic rings. The van der Waals surface area contributed by atoms with Crippen LogP contribution >= 0.6 is 11.3 Å². The summed E-state index contributed by atoms with van der Waals surface area (Å²) < 4.78 is 0. The van der Waals surface area contributed by atoms with Gasteiger partial charge in [0.2, 0.25) is 0 Å². The first-order valence-electron chi connectivity index (χ1n) is 7.18. The first-order valence-corrected chi connectivity index (χ1v) is 8.06. The van der Waals surface area contributed by atoms with E-state index in [-0.39, 0.29) is 6.10 Å². The summed E-state index contributed by atoms with van der Waals surface area (Å²) in [4.78, 5) is 1.06. The SMILES string of the molecule is CC1CCC(CCNCC(O)c2cccs2)CC1. The third-order valence-corrected chi connectivity index (χ3v) is 5.05. The van der Waals surface area contributed by atoms with Crippen LogP contribution in [0.1, 0.15) is 50.0 Å². The first-order chi connectivity index (χ1) is 8.75. The summed E-state index contributed by atoms with van der Waals surface area (Å²) in [7, 11) is 0. The lowest BCUT2D eigenvalue weighted by Gasteiger charge is -2.26. The molecule has 2 nitrogen and oxygen atoms in total. The van der Waals surface area contributed by atoms with E-state index in [1.807, 2.05) is 17.5 Å². The Morgan fingerprint density at radius 1 is 1.39 bits per heavy atom. The molecule has 1 heterocycles. The predicted molar refractivity (Wildman–Crippen MR) is 77.9 cm³/mol.